The Bertz CT molecular complexity index is 580. The van der Waals surface area contributed by atoms with Gasteiger partial charge in [0.1, 0.15) is 11.6 Å². The van der Waals surface area contributed by atoms with Crippen molar-refractivity contribution in [3.05, 3.63) is 65.0 Å². The Labute approximate surface area is 119 Å². The summed E-state index contributed by atoms with van der Waals surface area (Å²) in [5, 5.41) is 13.4. The molecule has 0 heterocycles. The molecule has 2 nitrogen and oxygen atoms in total. The van der Waals surface area contributed by atoms with E-state index >= 15 is 0 Å². The Morgan fingerprint density at radius 2 is 1.65 bits per heavy atom. The van der Waals surface area contributed by atoms with Gasteiger partial charge in [0.05, 0.1) is 0 Å². The molecule has 2 aromatic rings. The third-order valence-corrected chi connectivity index (χ3v) is 3.52. The molecule has 0 aliphatic rings. The fraction of sp³-hybridized carbons (Fsp3) is 0.294. The third kappa shape index (κ3) is 3.36. The Balaban J connectivity index is 2.12. The van der Waals surface area contributed by atoms with Crippen LogP contribution in [0.2, 0.25) is 0 Å². The molecule has 0 aliphatic heterocycles. The maximum atomic E-state index is 12.9. The van der Waals surface area contributed by atoms with E-state index in [1.54, 1.807) is 18.2 Å². The number of phenols is 1. The van der Waals surface area contributed by atoms with Crippen molar-refractivity contribution in [2.24, 2.45) is 0 Å². The molecule has 106 valence electrons. The third-order valence-electron chi connectivity index (χ3n) is 3.52. The van der Waals surface area contributed by atoms with Gasteiger partial charge < -0.3 is 10.4 Å². The molecule has 0 amide bonds. The van der Waals surface area contributed by atoms with Crippen LogP contribution >= 0.6 is 0 Å². The van der Waals surface area contributed by atoms with Crippen LogP contribution in [0, 0.1) is 12.7 Å². The second-order valence-electron chi connectivity index (χ2n) is 5.22. The molecule has 0 radical (unpaired) electrons. The number of aryl methyl sites for hydroxylation is 1. The highest BCUT2D eigenvalue weighted by molar-refractivity contribution is 5.38. The first-order chi connectivity index (χ1) is 9.47. The average molecular weight is 273 g/mol. The molecule has 0 saturated heterocycles. The molecular formula is C17H20FNO. The lowest BCUT2D eigenvalue weighted by molar-refractivity contribution is 0.438. The number of hydrogen-bond donors (Lipinski definition) is 2. The number of halogens is 1. The van der Waals surface area contributed by atoms with Gasteiger partial charge in [0.15, 0.2) is 0 Å². The van der Waals surface area contributed by atoms with Gasteiger partial charge in [-0.05, 0) is 44.5 Å². The SMILES string of the molecule is Cc1ccc(O)c(C(C)N[C@@H](C)c2ccc(F)cc2)c1. The van der Waals surface area contributed by atoms with Crippen LogP contribution in [0.3, 0.4) is 0 Å². The molecular weight excluding hydrogens is 253 g/mol. The van der Waals surface area contributed by atoms with Crippen molar-refractivity contribution in [2.45, 2.75) is 32.9 Å². The minimum atomic E-state index is -0.231. The average Bonchev–Trinajstić information content (AvgIpc) is 2.42. The fourth-order valence-electron chi connectivity index (χ4n) is 2.33. The van der Waals surface area contributed by atoms with Crippen molar-refractivity contribution in [3.63, 3.8) is 0 Å². The first-order valence-corrected chi connectivity index (χ1v) is 6.78. The van der Waals surface area contributed by atoms with Crippen molar-refractivity contribution < 1.29 is 9.50 Å². The fourth-order valence-corrected chi connectivity index (χ4v) is 2.33. The van der Waals surface area contributed by atoms with E-state index in [1.807, 2.05) is 32.9 Å². The summed E-state index contributed by atoms with van der Waals surface area (Å²) in [6.07, 6.45) is 0. The smallest absolute Gasteiger partial charge is 0.123 e. The van der Waals surface area contributed by atoms with Crippen molar-refractivity contribution in [2.75, 3.05) is 0 Å². The van der Waals surface area contributed by atoms with Crippen LogP contribution in [-0.4, -0.2) is 5.11 Å². The molecule has 0 saturated carbocycles. The normalized spacial score (nSPS) is 14.0. The summed E-state index contributed by atoms with van der Waals surface area (Å²) in [7, 11) is 0. The lowest BCUT2D eigenvalue weighted by Crippen LogP contribution is -2.22. The minimum absolute atomic E-state index is 0.00922. The molecule has 0 aromatic heterocycles. The number of nitrogens with one attached hydrogen (secondary N) is 1. The van der Waals surface area contributed by atoms with Gasteiger partial charge in [0.2, 0.25) is 0 Å². The lowest BCUT2D eigenvalue weighted by Gasteiger charge is -2.22. The molecule has 0 bridgehead atoms. The summed E-state index contributed by atoms with van der Waals surface area (Å²) < 4.78 is 12.9. The summed E-state index contributed by atoms with van der Waals surface area (Å²) in [5.41, 5.74) is 3.00. The Morgan fingerprint density at radius 3 is 2.30 bits per heavy atom. The molecule has 0 aliphatic carbocycles. The Kier molecular flexibility index (Phi) is 4.40. The largest absolute Gasteiger partial charge is 0.508 e. The maximum Gasteiger partial charge on any atom is 0.123 e. The Hall–Kier alpha value is -1.87. The first kappa shape index (κ1) is 14.5. The summed E-state index contributed by atoms with van der Waals surface area (Å²) >= 11 is 0. The second-order valence-corrected chi connectivity index (χ2v) is 5.22. The molecule has 2 N–H and O–H groups in total. The summed E-state index contributed by atoms with van der Waals surface area (Å²) in [6, 6.07) is 12.1. The topological polar surface area (TPSA) is 32.3 Å². The number of phenolic OH excluding ortho intramolecular Hbond substituents is 1. The van der Waals surface area contributed by atoms with E-state index < -0.39 is 0 Å². The van der Waals surface area contributed by atoms with Crippen LogP contribution in [0.25, 0.3) is 0 Å². The zero-order valence-corrected chi connectivity index (χ0v) is 12.0. The van der Waals surface area contributed by atoms with Crippen molar-refractivity contribution in [3.8, 4) is 5.75 Å². The summed E-state index contributed by atoms with van der Waals surface area (Å²) in [6.45, 7) is 6.03. The van der Waals surface area contributed by atoms with Crippen LogP contribution in [0.5, 0.6) is 5.75 Å². The van der Waals surface area contributed by atoms with E-state index in [9.17, 15) is 9.50 Å². The van der Waals surface area contributed by atoms with E-state index in [0.717, 1.165) is 16.7 Å². The second kappa shape index (κ2) is 6.06. The van der Waals surface area contributed by atoms with E-state index in [1.165, 1.54) is 12.1 Å². The standard InChI is InChI=1S/C17H20FNO/c1-11-4-9-17(20)16(10-11)13(3)19-12(2)14-5-7-15(18)8-6-14/h4-10,12-13,19-20H,1-3H3/t12-,13?/m0/s1. The van der Waals surface area contributed by atoms with Crippen LogP contribution in [0.15, 0.2) is 42.5 Å². The monoisotopic (exact) mass is 273 g/mol. The quantitative estimate of drug-likeness (QED) is 0.872. The van der Waals surface area contributed by atoms with Crippen LogP contribution in [-0.2, 0) is 0 Å². The van der Waals surface area contributed by atoms with E-state index in [0.29, 0.717) is 5.75 Å². The minimum Gasteiger partial charge on any atom is -0.508 e. The van der Waals surface area contributed by atoms with E-state index in [-0.39, 0.29) is 17.9 Å². The predicted molar refractivity (Wildman–Crippen MR) is 79.2 cm³/mol. The van der Waals surface area contributed by atoms with Gasteiger partial charge in [0, 0.05) is 17.6 Å². The highest BCUT2D eigenvalue weighted by Crippen LogP contribution is 2.27. The number of aromatic hydroxyl groups is 1. The molecule has 2 rings (SSSR count). The number of rotatable bonds is 4. The number of hydrogen-bond acceptors (Lipinski definition) is 2. The van der Waals surface area contributed by atoms with Gasteiger partial charge in [-0.3, -0.25) is 0 Å². The molecule has 0 fully saturated rings. The number of benzene rings is 2. The van der Waals surface area contributed by atoms with Crippen molar-refractivity contribution in [1.29, 1.82) is 0 Å². The zero-order chi connectivity index (χ0) is 14.7. The summed E-state index contributed by atoms with van der Waals surface area (Å²) in [5.74, 6) is 0.0623. The van der Waals surface area contributed by atoms with Gasteiger partial charge in [-0.25, -0.2) is 4.39 Å². The van der Waals surface area contributed by atoms with Crippen LogP contribution < -0.4 is 5.32 Å². The molecule has 0 spiro atoms. The maximum absolute atomic E-state index is 12.9. The summed E-state index contributed by atoms with van der Waals surface area (Å²) in [4.78, 5) is 0. The Morgan fingerprint density at radius 1 is 1.00 bits per heavy atom. The molecule has 3 heteroatoms. The highest BCUT2D eigenvalue weighted by Gasteiger charge is 2.14. The lowest BCUT2D eigenvalue weighted by atomic mass is 10.0. The van der Waals surface area contributed by atoms with Crippen LogP contribution in [0.1, 0.15) is 42.6 Å². The van der Waals surface area contributed by atoms with E-state index in [4.69, 9.17) is 0 Å². The van der Waals surface area contributed by atoms with Gasteiger partial charge in [-0.1, -0.05) is 29.8 Å². The van der Waals surface area contributed by atoms with Gasteiger partial charge in [-0.2, -0.15) is 0 Å². The van der Waals surface area contributed by atoms with Crippen LogP contribution in [0.4, 0.5) is 4.39 Å². The first-order valence-electron chi connectivity index (χ1n) is 6.78. The zero-order valence-electron chi connectivity index (χ0n) is 12.0. The predicted octanol–water partition coefficient (Wildman–Crippen LogP) is 4.25. The highest BCUT2D eigenvalue weighted by atomic mass is 19.1. The van der Waals surface area contributed by atoms with E-state index in [2.05, 4.69) is 5.32 Å². The van der Waals surface area contributed by atoms with Gasteiger partial charge in [-0.15, -0.1) is 0 Å². The van der Waals surface area contributed by atoms with Crippen molar-refractivity contribution in [1.82, 2.24) is 5.32 Å². The molecule has 1 unspecified atom stereocenters. The van der Waals surface area contributed by atoms with Gasteiger partial charge >= 0.3 is 0 Å². The molecule has 2 atom stereocenters. The molecule has 2 aromatic carbocycles. The molecule has 20 heavy (non-hydrogen) atoms. The van der Waals surface area contributed by atoms with Gasteiger partial charge in [0.25, 0.3) is 0 Å². The van der Waals surface area contributed by atoms with Crippen molar-refractivity contribution >= 4 is 0 Å².